The Morgan fingerprint density at radius 1 is 1.53 bits per heavy atom. The largest absolute Gasteiger partial charge is 0.447 e. The number of carbonyl (C=O) groups excluding carboxylic acids is 2. The van der Waals surface area contributed by atoms with E-state index in [9.17, 15) is 22.8 Å². The summed E-state index contributed by atoms with van der Waals surface area (Å²) in [6.07, 6.45) is -5.61. The zero-order valence-corrected chi connectivity index (χ0v) is 7.80. The van der Waals surface area contributed by atoms with E-state index in [0.29, 0.717) is 4.90 Å². The predicted molar refractivity (Wildman–Crippen MR) is 42.9 cm³/mol. The number of imide groups is 1. The van der Waals surface area contributed by atoms with Crippen molar-refractivity contribution in [2.45, 2.75) is 13.1 Å². The molecular weight excluding hydrogens is 215 g/mol. The normalized spacial score (nSPS) is 18.0. The Morgan fingerprint density at radius 3 is 2.53 bits per heavy atom. The van der Waals surface area contributed by atoms with Gasteiger partial charge in [-0.2, -0.15) is 13.2 Å². The van der Waals surface area contributed by atoms with Crippen LogP contribution in [0.5, 0.6) is 0 Å². The molecule has 0 aromatic heterocycles. The number of nitrogens with zero attached hydrogens (tertiary/aromatic N) is 1. The standard InChI is InChI=1S/C8H8F3NO3/c1-5(4-8(9,10)11)6(13)12-2-3-15-7(12)14/h4H,2-3H2,1H3/b5-4+. The molecule has 0 saturated carbocycles. The van der Waals surface area contributed by atoms with Crippen molar-refractivity contribution in [3.63, 3.8) is 0 Å². The summed E-state index contributed by atoms with van der Waals surface area (Å²) in [6, 6.07) is 0. The molecular formula is C8H8F3NO3. The van der Waals surface area contributed by atoms with E-state index in [4.69, 9.17) is 0 Å². The van der Waals surface area contributed by atoms with Crippen molar-refractivity contribution in [2.75, 3.05) is 13.2 Å². The fraction of sp³-hybridized carbons (Fsp3) is 0.500. The zero-order chi connectivity index (χ0) is 11.6. The number of alkyl halides is 3. The van der Waals surface area contributed by atoms with E-state index in [1.54, 1.807) is 0 Å². The Balaban J connectivity index is 2.77. The lowest BCUT2D eigenvalue weighted by Gasteiger charge is -2.11. The number of cyclic esters (lactones) is 1. The molecule has 1 fully saturated rings. The van der Waals surface area contributed by atoms with E-state index in [1.165, 1.54) is 0 Å². The second kappa shape index (κ2) is 3.92. The summed E-state index contributed by atoms with van der Waals surface area (Å²) in [7, 11) is 0. The summed E-state index contributed by atoms with van der Waals surface area (Å²) < 4.78 is 40.1. The van der Waals surface area contributed by atoms with Gasteiger partial charge in [0.05, 0.1) is 6.54 Å². The number of hydrogen-bond donors (Lipinski definition) is 0. The van der Waals surface area contributed by atoms with Crippen LogP contribution >= 0.6 is 0 Å². The highest BCUT2D eigenvalue weighted by molar-refractivity contribution is 6.02. The number of halogens is 3. The quantitative estimate of drug-likeness (QED) is 0.632. The maximum Gasteiger partial charge on any atom is 0.416 e. The molecule has 1 aliphatic heterocycles. The fourth-order valence-electron chi connectivity index (χ4n) is 1.10. The summed E-state index contributed by atoms with van der Waals surface area (Å²) in [5.41, 5.74) is -0.540. The van der Waals surface area contributed by atoms with Gasteiger partial charge in [-0.25, -0.2) is 9.69 Å². The topological polar surface area (TPSA) is 46.6 Å². The third-order valence-corrected chi connectivity index (χ3v) is 1.72. The van der Waals surface area contributed by atoms with Crippen molar-refractivity contribution >= 4 is 12.0 Å². The van der Waals surface area contributed by atoms with Gasteiger partial charge in [-0.1, -0.05) is 0 Å². The van der Waals surface area contributed by atoms with E-state index in [1.807, 2.05) is 0 Å². The number of rotatable bonds is 1. The van der Waals surface area contributed by atoms with E-state index in [-0.39, 0.29) is 19.2 Å². The van der Waals surface area contributed by atoms with Crippen molar-refractivity contribution in [1.29, 1.82) is 0 Å². The summed E-state index contributed by atoms with van der Waals surface area (Å²) >= 11 is 0. The highest BCUT2D eigenvalue weighted by Gasteiger charge is 2.32. The summed E-state index contributed by atoms with van der Waals surface area (Å²) in [5, 5.41) is 0. The first-order chi connectivity index (χ1) is 6.81. The van der Waals surface area contributed by atoms with Gasteiger partial charge >= 0.3 is 12.3 Å². The van der Waals surface area contributed by atoms with E-state index < -0.39 is 23.7 Å². The molecule has 15 heavy (non-hydrogen) atoms. The SMILES string of the molecule is C/C(=C\C(F)(F)F)C(=O)N1CCOC1=O. The summed E-state index contributed by atoms with van der Waals surface area (Å²) in [4.78, 5) is 22.8. The molecule has 0 spiro atoms. The van der Waals surface area contributed by atoms with Gasteiger partial charge in [0.2, 0.25) is 0 Å². The third-order valence-electron chi connectivity index (χ3n) is 1.72. The van der Waals surface area contributed by atoms with Crippen LogP contribution < -0.4 is 0 Å². The van der Waals surface area contributed by atoms with E-state index in [0.717, 1.165) is 6.92 Å². The predicted octanol–water partition coefficient (Wildman–Crippen LogP) is 1.47. The molecule has 0 N–H and O–H groups in total. The minimum absolute atomic E-state index is 0.0132. The van der Waals surface area contributed by atoms with Crippen LogP contribution in [0.25, 0.3) is 0 Å². The zero-order valence-electron chi connectivity index (χ0n) is 7.80. The molecule has 7 heteroatoms. The maximum atomic E-state index is 11.9. The lowest BCUT2D eigenvalue weighted by atomic mass is 10.2. The van der Waals surface area contributed by atoms with Crippen LogP contribution in [0.4, 0.5) is 18.0 Å². The molecule has 0 bridgehead atoms. The Bertz CT molecular complexity index is 322. The van der Waals surface area contributed by atoms with Crippen molar-refractivity contribution < 1.29 is 27.5 Å². The number of hydrogen-bond acceptors (Lipinski definition) is 3. The minimum atomic E-state index is -4.57. The molecule has 0 radical (unpaired) electrons. The Hall–Kier alpha value is -1.53. The number of amides is 2. The monoisotopic (exact) mass is 223 g/mol. The van der Waals surface area contributed by atoms with Gasteiger partial charge in [0.15, 0.2) is 0 Å². The van der Waals surface area contributed by atoms with Gasteiger partial charge in [-0.3, -0.25) is 4.79 Å². The van der Waals surface area contributed by atoms with Gasteiger partial charge in [0.25, 0.3) is 5.91 Å². The number of ether oxygens (including phenoxy) is 1. The molecule has 1 aliphatic rings. The highest BCUT2D eigenvalue weighted by atomic mass is 19.4. The molecule has 0 aromatic carbocycles. The van der Waals surface area contributed by atoms with Crippen LogP contribution in [0.15, 0.2) is 11.6 Å². The van der Waals surface area contributed by atoms with Gasteiger partial charge in [-0.15, -0.1) is 0 Å². The number of carbonyl (C=O) groups is 2. The highest BCUT2D eigenvalue weighted by Crippen LogP contribution is 2.20. The fourth-order valence-corrected chi connectivity index (χ4v) is 1.10. The van der Waals surface area contributed by atoms with Crippen molar-refractivity contribution in [1.82, 2.24) is 4.90 Å². The van der Waals surface area contributed by atoms with Crippen LogP contribution in [0.2, 0.25) is 0 Å². The molecule has 4 nitrogen and oxygen atoms in total. The first kappa shape index (κ1) is 11.5. The van der Waals surface area contributed by atoms with Gasteiger partial charge < -0.3 is 4.74 Å². The first-order valence-electron chi connectivity index (χ1n) is 4.06. The first-order valence-corrected chi connectivity index (χ1v) is 4.06. The summed E-state index contributed by atoms with van der Waals surface area (Å²) in [6.45, 7) is 1.01. The van der Waals surface area contributed by atoms with Gasteiger partial charge in [0, 0.05) is 11.6 Å². The van der Waals surface area contributed by atoms with Crippen LogP contribution in [-0.2, 0) is 9.53 Å². The van der Waals surface area contributed by atoms with Crippen molar-refractivity contribution in [2.24, 2.45) is 0 Å². The van der Waals surface area contributed by atoms with Crippen LogP contribution in [0.3, 0.4) is 0 Å². The third kappa shape index (κ3) is 2.97. The van der Waals surface area contributed by atoms with Crippen molar-refractivity contribution in [3.05, 3.63) is 11.6 Å². The smallest absolute Gasteiger partial charge is 0.416 e. The van der Waals surface area contributed by atoms with Gasteiger partial charge in [0.1, 0.15) is 6.61 Å². The Kier molecular flexibility index (Phi) is 3.01. The maximum absolute atomic E-state index is 11.9. The Labute approximate surface area is 83.3 Å². The second-order valence-corrected chi connectivity index (χ2v) is 2.94. The molecule has 0 aromatic rings. The molecule has 1 rings (SSSR count). The van der Waals surface area contributed by atoms with E-state index in [2.05, 4.69) is 4.74 Å². The lowest BCUT2D eigenvalue weighted by Crippen LogP contribution is -2.32. The number of allylic oxidation sites excluding steroid dienone is 1. The lowest BCUT2D eigenvalue weighted by molar-refractivity contribution is -0.124. The molecule has 0 aliphatic carbocycles. The van der Waals surface area contributed by atoms with Crippen molar-refractivity contribution in [3.8, 4) is 0 Å². The van der Waals surface area contributed by atoms with Crippen LogP contribution in [0, 0.1) is 0 Å². The summed E-state index contributed by atoms with van der Waals surface area (Å²) in [5.74, 6) is -0.977. The average molecular weight is 223 g/mol. The van der Waals surface area contributed by atoms with E-state index >= 15 is 0 Å². The van der Waals surface area contributed by atoms with Gasteiger partial charge in [-0.05, 0) is 6.92 Å². The molecule has 1 saturated heterocycles. The minimum Gasteiger partial charge on any atom is -0.447 e. The molecule has 0 unspecified atom stereocenters. The molecule has 1 heterocycles. The van der Waals surface area contributed by atoms with Crippen LogP contribution in [0.1, 0.15) is 6.92 Å². The average Bonchev–Trinajstić information content (AvgIpc) is 2.47. The Morgan fingerprint density at radius 2 is 2.13 bits per heavy atom. The molecule has 0 atom stereocenters. The molecule has 2 amide bonds. The molecule has 84 valence electrons. The van der Waals surface area contributed by atoms with Crippen LogP contribution in [-0.4, -0.2) is 36.2 Å². The second-order valence-electron chi connectivity index (χ2n) is 2.94.